The van der Waals surface area contributed by atoms with Crippen LogP contribution in [0, 0.1) is 5.82 Å². The first-order chi connectivity index (χ1) is 6.84. The van der Waals surface area contributed by atoms with Gasteiger partial charge in [0.2, 0.25) is 0 Å². The number of unbranched alkanes of at least 4 members (excludes halogenated alkanes) is 1. The van der Waals surface area contributed by atoms with Crippen LogP contribution in [0.25, 0.3) is 0 Å². The summed E-state index contributed by atoms with van der Waals surface area (Å²) in [7, 11) is 0. The van der Waals surface area contributed by atoms with Crippen molar-refractivity contribution in [3.8, 4) is 0 Å². The molecule has 0 N–H and O–H groups in total. The first kappa shape index (κ1) is 11.2. The molecule has 1 nitrogen and oxygen atoms in total. The lowest BCUT2D eigenvalue weighted by atomic mass is 10.1. The van der Waals surface area contributed by atoms with Crippen molar-refractivity contribution in [1.29, 1.82) is 0 Å². The Balaban J connectivity index is 2.21. The summed E-state index contributed by atoms with van der Waals surface area (Å²) in [5.74, 6) is -0.133. The quantitative estimate of drug-likeness (QED) is 0.635. The minimum atomic E-state index is -0.133. The van der Waals surface area contributed by atoms with E-state index in [9.17, 15) is 4.39 Å². The molecule has 0 atom stereocenters. The SMILES string of the molecule is CCCCOCCc1ccccc1F. The summed E-state index contributed by atoms with van der Waals surface area (Å²) < 4.78 is 18.5. The summed E-state index contributed by atoms with van der Waals surface area (Å²) in [6.07, 6.45) is 2.88. The molecule has 78 valence electrons. The molecule has 0 fully saturated rings. The van der Waals surface area contributed by atoms with E-state index in [1.165, 1.54) is 6.07 Å². The Hall–Kier alpha value is -0.890. The topological polar surface area (TPSA) is 9.23 Å². The number of rotatable bonds is 6. The normalized spacial score (nSPS) is 10.4. The van der Waals surface area contributed by atoms with Gasteiger partial charge in [-0.25, -0.2) is 4.39 Å². The maximum absolute atomic E-state index is 13.1. The van der Waals surface area contributed by atoms with Gasteiger partial charge in [0.15, 0.2) is 0 Å². The number of hydrogen-bond donors (Lipinski definition) is 0. The van der Waals surface area contributed by atoms with E-state index in [1.54, 1.807) is 12.1 Å². The van der Waals surface area contributed by atoms with Crippen LogP contribution in [0.15, 0.2) is 24.3 Å². The van der Waals surface area contributed by atoms with Crippen molar-refractivity contribution >= 4 is 0 Å². The molecule has 2 heteroatoms. The molecule has 0 saturated heterocycles. The van der Waals surface area contributed by atoms with Gasteiger partial charge in [0.25, 0.3) is 0 Å². The average molecular weight is 196 g/mol. The largest absolute Gasteiger partial charge is 0.381 e. The van der Waals surface area contributed by atoms with Crippen molar-refractivity contribution in [2.45, 2.75) is 26.2 Å². The average Bonchev–Trinajstić information content (AvgIpc) is 2.20. The van der Waals surface area contributed by atoms with Gasteiger partial charge in [0.1, 0.15) is 5.82 Å². The molecule has 1 rings (SSSR count). The molecule has 0 aliphatic rings. The van der Waals surface area contributed by atoms with Crippen LogP contribution in [0.5, 0.6) is 0 Å². The molecule has 0 bridgehead atoms. The zero-order valence-electron chi connectivity index (χ0n) is 8.63. The molecular formula is C12H17FO. The van der Waals surface area contributed by atoms with Crippen molar-refractivity contribution in [3.63, 3.8) is 0 Å². The van der Waals surface area contributed by atoms with Gasteiger partial charge in [0, 0.05) is 6.61 Å². The minimum Gasteiger partial charge on any atom is -0.381 e. The van der Waals surface area contributed by atoms with Crippen LogP contribution in [-0.4, -0.2) is 13.2 Å². The Bertz CT molecular complexity index is 260. The van der Waals surface area contributed by atoms with Gasteiger partial charge in [-0.1, -0.05) is 31.5 Å². The van der Waals surface area contributed by atoms with Gasteiger partial charge < -0.3 is 4.74 Å². The second-order valence-electron chi connectivity index (χ2n) is 3.31. The van der Waals surface area contributed by atoms with Gasteiger partial charge in [-0.2, -0.15) is 0 Å². The van der Waals surface area contributed by atoms with Crippen LogP contribution in [0.3, 0.4) is 0 Å². The molecule has 0 aliphatic heterocycles. The molecule has 1 aromatic rings. The second kappa shape index (κ2) is 6.55. The lowest BCUT2D eigenvalue weighted by Crippen LogP contribution is -2.01. The standard InChI is InChI=1S/C12H17FO/c1-2-3-9-14-10-8-11-6-4-5-7-12(11)13/h4-7H,2-3,8-10H2,1H3. The number of ether oxygens (including phenoxy) is 1. The number of hydrogen-bond acceptors (Lipinski definition) is 1. The summed E-state index contributed by atoms with van der Waals surface area (Å²) in [5, 5.41) is 0. The molecule has 0 amide bonds. The van der Waals surface area contributed by atoms with Crippen molar-refractivity contribution in [2.75, 3.05) is 13.2 Å². The molecule has 0 heterocycles. The van der Waals surface area contributed by atoms with Gasteiger partial charge in [-0.15, -0.1) is 0 Å². The fraction of sp³-hybridized carbons (Fsp3) is 0.500. The Labute approximate surface area is 84.9 Å². The smallest absolute Gasteiger partial charge is 0.126 e. The highest BCUT2D eigenvalue weighted by Gasteiger charge is 1.99. The third kappa shape index (κ3) is 3.88. The summed E-state index contributed by atoms with van der Waals surface area (Å²) in [5.41, 5.74) is 0.740. The minimum absolute atomic E-state index is 0.133. The van der Waals surface area contributed by atoms with E-state index in [0.717, 1.165) is 25.0 Å². The molecule has 0 aliphatic carbocycles. The lowest BCUT2D eigenvalue weighted by Gasteiger charge is -2.04. The van der Waals surface area contributed by atoms with E-state index >= 15 is 0 Å². The third-order valence-electron chi connectivity index (χ3n) is 2.12. The third-order valence-corrected chi connectivity index (χ3v) is 2.12. The van der Waals surface area contributed by atoms with Gasteiger partial charge in [-0.05, 0) is 24.5 Å². The fourth-order valence-corrected chi connectivity index (χ4v) is 1.23. The van der Waals surface area contributed by atoms with Crippen molar-refractivity contribution in [2.24, 2.45) is 0 Å². The Morgan fingerprint density at radius 3 is 2.71 bits per heavy atom. The highest BCUT2D eigenvalue weighted by molar-refractivity contribution is 5.17. The maximum atomic E-state index is 13.1. The van der Waals surface area contributed by atoms with E-state index in [-0.39, 0.29) is 5.82 Å². The Kier molecular flexibility index (Phi) is 5.23. The number of halogens is 1. The van der Waals surface area contributed by atoms with E-state index in [4.69, 9.17) is 4.74 Å². The van der Waals surface area contributed by atoms with E-state index in [0.29, 0.717) is 13.0 Å². The Morgan fingerprint density at radius 1 is 1.21 bits per heavy atom. The number of benzene rings is 1. The monoisotopic (exact) mass is 196 g/mol. The summed E-state index contributed by atoms with van der Waals surface area (Å²) in [4.78, 5) is 0. The van der Waals surface area contributed by atoms with E-state index in [2.05, 4.69) is 6.92 Å². The molecule has 0 radical (unpaired) electrons. The van der Waals surface area contributed by atoms with Crippen LogP contribution in [0.2, 0.25) is 0 Å². The fourth-order valence-electron chi connectivity index (χ4n) is 1.23. The van der Waals surface area contributed by atoms with Crippen LogP contribution < -0.4 is 0 Å². The molecular weight excluding hydrogens is 179 g/mol. The van der Waals surface area contributed by atoms with Gasteiger partial charge in [0.05, 0.1) is 6.61 Å². The van der Waals surface area contributed by atoms with Crippen LogP contribution in [-0.2, 0) is 11.2 Å². The molecule has 0 spiro atoms. The highest BCUT2D eigenvalue weighted by Crippen LogP contribution is 2.06. The van der Waals surface area contributed by atoms with E-state index < -0.39 is 0 Å². The predicted molar refractivity (Wildman–Crippen MR) is 55.8 cm³/mol. The van der Waals surface area contributed by atoms with Crippen LogP contribution in [0.4, 0.5) is 4.39 Å². The van der Waals surface area contributed by atoms with E-state index in [1.807, 2.05) is 6.07 Å². The molecule has 14 heavy (non-hydrogen) atoms. The van der Waals surface area contributed by atoms with Crippen molar-refractivity contribution < 1.29 is 9.13 Å². The maximum Gasteiger partial charge on any atom is 0.126 e. The Morgan fingerprint density at radius 2 is 2.00 bits per heavy atom. The summed E-state index contributed by atoms with van der Waals surface area (Å²) in [6, 6.07) is 6.85. The van der Waals surface area contributed by atoms with Crippen LogP contribution in [0.1, 0.15) is 25.3 Å². The summed E-state index contributed by atoms with van der Waals surface area (Å²) in [6.45, 7) is 3.52. The predicted octanol–water partition coefficient (Wildman–Crippen LogP) is 3.18. The van der Waals surface area contributed by atoms with Crippen molar-refractivity contribution in [3.05, 3.63) is 35.6 Å². The first-order valence-electron chi connectivity index (χ1n) is 5.15. The molecule has 0 saturated carbocycles. The molecule has 0 unspecified atom stereocenters. The molecule has 1 aromatic carbocycles. The van der Waals surface area contributed by atoms with Crippen LogP contribution >= 0.6 is 0 Å². The second-order valence-corrected chi connectivity index (χ2v) is 3.31. The molecule has 0 aromatic heterocycles. The highest BCUT2D eigenvalue weighted by atomic mass is 19.1. The zero-order chi connectivity index (χ0) is 10.2. The summed E-state index contributed by atoms with van der Waals surface area (Å²) >= 11 is 0. The lowest BCUT2D eigenvalue weighted by molar-refractivity contribution is 0.133. The van der Waals surface area contributed by atoms with Crippen molar-refractivity contribution in [1.82, 2.24) is 0 Å². The van der Waals surface area contributed by atoms with Gasteiger partial charge >= 0.3 is 0 Å². The zero-order valence-corrected chi connectivity index (χ0v) is 8.63. The van der Waals surface area contributed by atoms with Gasteiger partial charge in [-0.3, -0.25) is 0 Å². The first-order valence-corrected chi connectivity index (χ1v) is 5.15.